The quantitative estimate of drug-likeness (QED) is 0.319. The van der Waals surface area contributed by atoms with E-state index in [-0.39, 0.29) is 12.1 Å². The first kappa shape index (κ1) is 15.6. The highest BCUT2D eigenvalue weighted by Gasteiger charge is 2.29. The second-order valence-corrected chi connectivity index (χ2v) is 5.78. The molecule has 7 heteroatoms. The van der Waals surface area contributed by atoms with E-state index in [1.54, 1.807) is 16.8 Å². The molecule has 110 valence electrons. The smallest absolute Gasteiger partial charge is 0.410 e. The molecule has 0 atom stereocenters. The third kappa shape index (κ3) is 4.59. The number of hydrogen-bond acceptors (Lipinski definition) is 5. The Hall–Kier alpha value is -1.50. The van der Waals surface area contributed by atoms with Gasteiger partial charge in [0.1, 0.15) is 11.4 Å². The number of hydrazone groups is 1. The van der Waals surface area contributed by atoms with Crippen LogP contribution >= 0.6 is 0 Å². The molecule has 1 amide bonds. The van der Waals surface area contributed by atoms with Crippen LogP contribution in [-0.4, -0.2) is 46.6 Å². The van der Waals surface area contributed by atoms with E-state index in [9.17, 15) is 4.79 Å². The van der Waals surface area contributed by atoms with Crippen LogP contribution in [0.1, 0.15) is 40.5 Å². The summed E-state index contributed by atoms with van der Waals surface area (Å²) in [7, 11) is 0. The molecule has 4 N–H and O–H groups in total. The summed E-state index contributed by atoms with van der Waals surface area (Å²) in [4.78, 5) is 13.6. The van der Waals surface area contributed by atoms with Crippen LogP contribution in [-0.2, 0) is 4.74 Å². The lowest BCUT2D eigenvalue weighted by Gasteiger charge is -2.37. The van der Waals surface area contributed by atoms with Crippen LogP contribution in [0.2, 0.25) is 0 Å². The second kappa shape index (κ2) is 6.10. The van der Waals surface area contributed by atoms with Crippen molar-refractivity contribution in [2.75, 3.05) is 13.1 Å². The monoisotopic (exact) mass is 271 g/mol. The molecule has 19 heavy (non-hydrogen) atoms. The Balaban J connectivity index is 2.47. The molecule has 0 aliphatic carbocycles. The van der Waals surface area contributed by atoms with Gasteiger partial charge in [0.15, 0.2) is 0 Å². The Kier molecular flexibility index (Phi) is 4.99. The van der Waals surface area contributed by atoms with Gasteiger partial charge in [-0.1, -0.05) is 0 Å². The molecule has 0 aromatic rings. The maximum atomic E-state index is 11.9. The molecule has 0 aromatic carbocycles. The van der Waals surface area contributed by atoms with Crippen LogP contribution in [0.4, 0.5) is 4.79 Å². The first-order valence-corrected chi connectivity index (χ1v) is 6.51. The molecule has 1 fully saturated rings. The summed E-state index contributed by atoms with van der Waals surface area (Å²) in [5, 5.41) is 5.15. The van der Waals surface area contributed by atoms with Crippen LogP contribution < -0.4 is 11.7 Å². The minimum absolute atomic E-state index is 0.158. The standard InChI is InChI=1S/C12H25N5O2/c1-9(15-13)17(14)10-5-7-16(8-6-10)11(18)19-12(2,3)4/h10H,5-8,13-14H2,1-4H3/b15-9-. The number of rotatable bonds is 1. The minimum atomic E-state index is -0.462. The zero-order valence-electron chi connectivity index (χ0n) is 12.2. The van der Waals surface area contributed by atoms with Crippen LogP contribution in [0.5, 0.6) is 0 Å². The lowest BCUT2D eigenvalue weighted by molar-refractivity contribution is 0.0173. The number of carbonyl (C=O) groups is 1. The van der Waals surface area contributed by atoms with Crippen LogP contribution in [0.3, 0.4) is 0 Å². The van der Waals surface area contributed by atoms with E-state index in [2.05, 4.69) is 5.10 Å². The SMILES string of the molecule is C/C(=N/N)N(N)C1CCN(C(=O)OC(C)(C)C)CC1. The summed E-state index contributed by atoms with van der Waals surface area (Å²) < 4.78 is 5.34. The van der Waals surface area contributed by atoms with Gasteiger partial charge in [-0.05, 0) is 40.5 Å². The summed E-state index contributed by atoms with van der Waals surface area (Å²) in [5.74, 6) is 11.7. The molecule has 0 saturated carbocycles. The van der Waals surface area contributed by atoms with E-state index in [1.165, 1.54) is 0 Å². The lowest BCUT2D eigenvalue weighted by Crippen LogP contribution is -2.52. The molecule has 7 nitrogen and oxygen atoms in total. The van der Waals surface area contributed by atoms with E-state index in [4.69, 9.17) is 16.4 Å². The summed E-state index contributed by atoms with van der Waals surface area (Å²) in [5.41, 5.74) is -0.462. The van der Waals surface area contributed by atoms with E-state index in [0.717, 1.165) is 12.8 Å². The van der Waals surface area contributed by atoms with Gasteiger partial charge in [0.05, 0.1) is 0 Å². The van der Waals surface area contributed by atoms with Crippen molar-refractivity contribution in [3.8, 4) is 0 Å². The van der Waals surface area contributed by atoms with Crippen LogP contribution in [0.25, 0.3) is 0 Å². The molecule has 0 radical (unpaired) electrons. The molecule has 0 aromatic heterocycles. The van der Waals surface area contributed by atoms with Crippen molar-refractivity contribution in [1.82, 2.24) is 9.91 Å². The van der Waals surface area contributed by atoms with E-state index in [0.29, 0.717) is 18.9 Å². The van der Waals surface area contributed by atoms with E-state index < -0.39 is 5.60 Å². The van der Waals surface area contributed by atoms with Crippen molar-refractivity contribution < 1.29 is 9.53 Å². The van der Waals surface area contributed by atoms with Crippen molar-refractivity contribution in [1.29, 1.82) is 0 Å². The lowest BCUT2D eigenvalue weighted by atomic mass is 10.0. The molecular formula is C12H25N5O2. The number of piperidine rings is 1. The number of nitrogens with two attached hydrogens (primary N) is 2. The summed E-state index contributed by atoms with van der Waals surface area (Å²) in [6.07, 6.45) is 1.30. The van der Waals surface area contributed by atoms with Crippen molar-refractivity contribution in [2.45, 2.75) is 52.2 Å². The fourth-order valence-electron chi connectivity index (χ4n) is 1.98. The molecule has 1 aliphatic rings. The van der Waals surface area contributed by atoms with Gasteiger partial charge in [0, 0.05) is 19.1 Å². The van der Waals surface area contributed by atoms with Crippen molar-refractivity contribution >= 4 is 11.9 Å². The van der Waals surface area contributed by atoms with Gasteiger partial charge in [0.2, 0.25) is 0 Å². The van der Waals surface area contributed by atoms with Crippen molar-refractivity contribution in [3.05, 3.63) is 0 Å². The van der Waals surface area contributed by atoms with Gasteiger partial charge in [-0.2, -0.15) is 5.10 Å². The summed E-state index contributed by atoms with van der Waals surface area (Å²) in [6, 6.07) is 0.158. The molecule has 0 spiro atoms. The number of nitrogens with zero attached hydrogens (tertiary/aromatic N) is 3. The topological polar surface area (TPSA) is 97.2 Å². The predicted octanol–water partition coefficient (Wildman–Crippen LogP) is 0.854. The first-order valence-electron chi connectivity index (χ1n) is 6.51. The summed E-state index contributed by atoms with van der Waals surface area (Å²) in [6.45, 7) is 8.61. The Morgan fingerprint density at radius 3 is 2.32 bits per heavy atom. The number of hydrogen-bond donors (Lipinski definition) is 2. The fourth-order valence-corrected chi connectivity index (χ4v) is 1.98. The molecule has 1 aliphatic heterocycles. The number of ether oxygens (including phenoxy) is 1. The third-order valence-electron chi connectivity index (χ3n) is 3.07. The normalized spacial score (nSPS) is 18.4. The fraction of sp³-hybridized carbons (Fsp3) is 0.833. The Bertz CT molecular complexity index is 343. The van der Waals surface area contributed by atoms with Crippen LogP contribution in [0.15, 0.2) is 5.10 Å². The van der Waals surface area contributed by atoms with Crippen molar-refractivity contribution in [2.24, 2.45) is 16.8 Å². The molecule has 1 heterocycles. The number of hydrazine groups is 1. The average Bonchev–Trinajstić information content (AvgIpc) is 2.35. The van der Waals surface area contributed by atoms with Gasteiger partial charge in [-0.25, -0.2) is 10.6 Å². The number of amidine groups is 1. The van der Waals surface area contributed by atoms with Gasteiger partial charge in [-0.3, -0.25) is 5.01 Å². The number of likely N-dealkylation sites (tertiary alicyclic amines) is 1. The highest BCUT2D eigenvalue weighted by atomic mass is 16.6. The second-order valence-electron chi connectivity index (χ2n) is 5.78. The molecular weight excluding hydrogens is 246 g/mol. The maximum Gasteiger partial charge on any atom is 0.410 e. The van der Waals surface area contributed by atoms with Crippen LogP contribution in [0, 0.1) is 0 Å². The Labute approximate surface area is 114 Å². The zero-order chi connectivity index (χ0) is 14.6. The predicted molar refractivity (Wildman–Crippen MR) is 74.2 cm³/mol. The van der Waals surface area contributed by atoms with Crippen molar-refractivity contribution in [3.63, 3.8) is 0 Å². The largest absolute Gasteiger partial charge is 0.444 e. The number of amides is 1. The molecule has 1 saturated heterocycles. The van der Waals surface area contributed by atoms with Gasteiger partial charge >= 0.3 is 6.09 Å². The Morgan fingerprint density at radius 1 is 1.37 bits per heavy atom. The molecule has 0 unspecified atom stereocenters. The summed E-state index contributed by atoms with van der Waals surface area (Å²) >= 11 is 0. The van der Waals surface area contributed by atoms with E-state index >= 15 is 0 Å². The van der Waals surface area contributed by atoms with E-state index in [1.807, 2.05) is 20.8 Å². The van der Waals surface area contributed by atoms with Gasteiger partial charge < -0.3 is 15.5 Å². The third-order valence-corrected chi connectivity index (χ3v) is 3.07. The Morgan fingerprint density at radius 2 is 1.89 bits per heavy atom. The maximum absolute atomic E-state index is 11.9. The number of carbonyl (C=O) groups excluding carboxylic acids is 1. The van der Waals surface area contributed by atoms with Gasteiger partial charge in [-0.15, -0.1) is 0 Å². The minimum Gasteiger partial charge on any atom is -0.444 e. The zero-order valence-corrected chi connectivity index (χ0v) is 12.2. The highest BCUT2D eigenvalue weighted by Crippen LogP contribution is 2.17. The molecule has 0 bridgehead atoms. The van der Waals surface area contributed by atoms with Gasteiger partial charge in [0.25, 0.3) is 0 Å². The first-order chi connectivity index (χ1) is 8.74. The molecule has 1 rings (SSSR count). The highest BCUT2D eigenvalue weighted by molar-refractivity contribution is 5.79. The average molecular weight is 271 g/mol.